The van der Waals surface area contributed by atoms with Gasteiger partial charge in [-0.05, 0) is 23.6 Å². The molecular formula is C24H26N2O8. The number of carbonyl (C=O) groups excluding carboxylic acids is 1. The fraction of sp³-hybridized carbons (Fsp3) is 0.375. The van der Waals surface area contributed by atoms with Gasteiger partial charge in [0, 0.05) is 44.3 Å². The number of hydrogen-bond donors (Lipinski definition) is 2. The number of H-pyrrole nitrogens is 1. The van der Waals surface area contributed by atoms with Crippen LogP contribution in [0.2, 0.25) is 0 Å². The highest BCUT2D eigenvalue weighted by Gasteiger charge is 2.30. The number of nitrogens with zero attached hydrogens (tertiary/aromatic N) is 1. The van der Waals surface area contributed by atoms with Crippen LogP contribution in [0.4, 0.5) is 0 Å². The van der Waals surface area contributed by atoms with Crippen molar-refractivity contribution in [3.05, 3.63) is 68.0 Å². The average Bonchev–Trinajstić information content (AvgIpc) is 2.84. The fourth-order valence-corrected chi connectivity index (χ4v) is 4.05. The predicted molar refractivity (Wildman–Crippen MR) is 122 cm³/mol. The lowest BCUT2D eigenvalue weighted by atomic mass is 9.91. The van der Waals surface area contributed by atoms with Gasteiger partial charge < -0.3 is 33.6 Å². The quantitative estimate of drug-likeness (QED) is 0.534. The van der Waals surface area contributed by atoms with Gasteiger partial charge in [0.25, 0.3) is 5.56 Å². The van der Waals surface area contributed by atoms with E-state index >= 15 is 0 Å². The molecule has 1 fully saturated rings. The van der Waals surface area contributed by atoms with E-state index in [1.807, 2.05) is 0 Å². The third-order valence-corrected chi connectivity index (χ3v) is 5.80. The van der Waals surface area contributed by atoms with Gasteiger partial charge in [0.15, 0.2) is 5.76 Å². The van der Waals surface area contributed by atoms with Gasteiger partial charge in [0.05, 0.1) is 31.8 Å². The van der Waals surface area contributed by atoms with Gasteiger partial charge >= 0.3 is 0 Å². The molecule has 2 N–H and O–H groups in total. The van der Waals surface area contributed by atoms with E-state index in [9.17, 15) is 19.5 Å². The first-order chi connectivity index (χ1) is 16.4. The molecule has 0 saturated carbocycles. The molecule has 3 aromatic rings. The van der Waals surface area contributed by atoms with Crippen LogP contribution in [-0.4, -0.2) is 61.4 Å². The van der Waals surface area contributed by atoms with Crippen LogP contribution in [0.1, 0.15) is 29.4 Å². The molecule has 0 bridgehead atoms. The number of nitrogens with one attached hydrogen (secondary N) is 1. The summed E-state index contributed by atoms with van der Waals surface area (Å²) in [5, 5.41) is 11.3. The number of morpholine rings is 1. The molecule has 10 heteroatoms. The molecule has 1 saturated heterocycles. The Kier molecular flexibility index (Phi) is 6.99. The molecular weight excluding hydrogens is 444 g/mol. The molecule has 3 heterocycles. The van der Waals surface area contributed by atoms with E-state index in [2.05, 4.69) is 4.98 Å². The van der Waals surface area contributed by atoms with Crippen molar-refractivity contribution in [2.24, 2.45) is 0 Å². The zero-order valence-electron chi connectivity index (χ0n) is 19.0. The molecule has 180 valence electrons. The molecule has 34 heavy (non-hydrogen) atoms. The molecule has 1 aromatic carbocycles. The molecule has 2 aromatic heterocycles. The van der Waals surface area contributed by atoms with Gasteiger partial charge in [0.1, 0.15) is 18.1 Å². The summed E-state index contributed by atoms with van der Waals surface area (Å²) in [7, 11) is 2.97. The van der Waals surface area contributed by atoms with Gasteiger partial charge in [-0.15, -0.1) is 0 Å². The lowest BCUT2D eigenvalue weighted by Gasteiger charge is -2.28. The van der Waals surface area contributed by atoms with Gasteiger partial charge in [-0.1, -0.05) is 0 Å². The second kappa shape index (κ2) is 10.1. The van der Waals surface area contributed by atoms with Crippen molar-refractivity contribution in [2.75, 3.05) is 40.5 Å². The smallest absolute Gasteiger partial charge is 0.252 e. The molecule has 1 aliphatic rings. The Morgan fingerprint density at radius 3 is 2.65 bits per heavy atom. The van der Waals surface area contributed by atoms with E-state index in [1.54, 1.807) is 29.2 Å². The lowest BCUT2D eigenvalue weighted by molar-refractivity contribution is -0.135. The summed E-state index contributed by atoms with van der Waals surface area (Å²) in [6.45, 7) is 1.65. The van der Waals surface area contributed by atoms with Gasteiger partial charge in [0.2, 0.25) is 17.1 Å². The second-order valence-corrected chi connectivity index (χ2v) is 7.98. The summed E-state index contributed by atoms with van der Waals surface area (Å²) < 4.78 is 21.4. The number of amides is 1. The van der Waals surface area contributed by atoms with Crippen LogP contribution >= 0.6 is 0 Å². The number of ether oxygens (including phenoxy) is 3. The number of rotatable bonds is 7. The SMILES string of the molecule is COCc1cc(=O)c(O)c([C@@H](CC(=O)N2CCOCC2)c2cc3ccc(OC)cc3[nH]c2=O)o1. The summed E-state index contributed by atoms with van der Waals surface area (Å²) in [5.41, 5.74) is -0.420. The van der Waals surface area contributed by atoms with E-state index in [-0.39, 0.29) is 36.0 Å². The Morgan fingerprint density at radius 2 is 1.94 bits per heavy atom. The van der Waals surface area contributed by atoms with Crippen LogP contribution in [0.5, 0.6) is 11.5 Å². The minimum atomic E-state index is -1.00. The van der Waals surface area contributed by atoms with Crippen molar-refractivity contribution in [3.8, 4) is 11.5 Å². The highest BCUT2D eigenvalue weighted by Crippen LogP contribution is 2.33. The summed E-state index contributed by atoms with van der Waals surface area (Å²) >= 11 is 0. The molecule has 10 nitrogen and oxygen atoms in total. The number of hydrogen-bond acceptors (Lipinski definition) is 8. The van der Waals surface area contributed by atoms with E-state index < -0.39 is 22.7 Å². The summed E-state index contributed by atoms with van der Waals surface area (Å²) in [4.78, 5) is 43.2. The third-order valence-electron chi connectivity index (χ3n) is 5.80. The van der Waals surface area contributed by atoms with Crippen molar-refractivity contribution in [1.82, 2.24) is 9.88 Å². The highest BCUT2D eigenvalue weighted by molar-refractivity contribution is 5.82. The Balaban J connectivity index is 1.84. The predicted octanol–water partition coefficient (Wildman–Crippen LogP) is 1.72. The molecule has 0 radical (unpaired) electrons. The molecule has 1 atom stereocenters. The fourth-order valence-electron chi connectivity index (χ4n) is 4.05. The first-order valence-corrected chi connectivity index (χ1v) is 10.8. The standard InChI is InChI=1S/C24H26N2O8/c1-31-13-16-11-20(27)22(29)23(34-16)17(12-21(28)26-5-7-33-8-6-26)18-9-14-3-4-15(32-2)10-19(14)25-24(18)30/h3-4,9-11,17,29H,5-8,12-13H2,1-2H3,(H,25,30)/t17-/m0/s1. The molecule has 1 amide bonds. The van der Waals surface area contributed by atoms with Gasteiger partial charge in [-0.25, -0.2) is 0 Å². The molecule has 0 unspecified atom stereocenters. The summed E-state index contributed by atoms with van der Waals surface area (Å²) in [5.74, 6) is -1.30. The van der Waals surface area contributed by atoms with Crippen molar-refractivity contribution in [3.63, 3.8) is 0 Å². The monoisotopic (exact) mass is 470 g/mol. The van der Waals surface area contributed by atoms with E-state index in [0.29, 0.717) is 43.0 Å². The summed E-state index contributed by atoms with van der Waals surface area (Å²) in [6.07, 6.45) is -0.183. The van der Waals surface area contributed by atoms with Crippen LogP contribution in [0.3, 0.4) is 0 Å². The maximum atomic E-state index is 13.1. The minimum absolute atomic E-state index is 0.0134. The maximum absolute atomic E-state index is 13.1. The number of pyridine rings is 1. The number of aromatic amines is 1. The van der Waals surface area contributed by atoms with Crippen LogP contribution in [0.15, 0.2) is 44.3 Å². The number of carbonyl (C=O) groups is 1. The number of fused-ring (bicyclic) bond motifs is 1. The highest BCUT2D eigenvalue weighted by atomic mass is 16.5. The number of aromatic nitrogens is 1. The number of aromatic hydroxyl groups is 1. The van der Waals surface area contributed by atoms with Crippen molar-refractivity contribution < 1.29 is 28.5 Å². The van der Waals surface area contributed by atoms with E-state index in [0.717, 1.165) is 6.07 Å². The average molecular weight is 470 g/mol. The van der Waals surface area contributed by atoms with Crippen LogP contribution in [0.25, 0.3) is 10.9 Å². The zero-order chi connectivity index (χ0) is 24.2. The largest absolute Gasteiger partial charge is 0.502 e. The first-order valence-electron chi connectivity index (χ1n) is 10.8. The first kappa shape index (κ1) is 23.5. The molecule has 0 aliphatic carbocycles. The Labute approximate surface area is 194 Å². The summed E-state index contributed by atoms with van der Waals surface area (Å²) in [6, 6.07) is 7.96. The van der Waals surface area contributed by atoms with Crippen molar-refractivity contribution >= 4 is 16.8 Å². The normalized spacial score (nSPS) is 14.8. The second-order valence-electron chi connectivity index (χ2n) is 7.98. The Morgan fingerprint density at radius 1 is 1.18 bits per heavy atom. The van der Waals surface area contributed by atoms with Crippen molar-refractivity contribution in [2.45, 2.75) is 18.9 Å². The molecule has 0 spiro atoms. The minimum Gasteiger partial charge on any atom is -0.502 e. The number of benzene rings is 1. The third kappa shape index (κ3) is 4.82. The van der Waals surface area contributed by atoms with Gasteiger partial charge in [-0.3, -0.25) is 14.4 Å². The topological polar surface area (TPSA) is 131 Å². The van der Waals surface area contributed by atoms with E-state index in [4.69, 9.17) is 18.6 Å². The van der Waals surface area contributed by atoms with Crippen molar-refractivity contribution in [1.29, 1.82) is 0 Å². The maximum Gasteiger partial charge on any atom is 0.252 e. The van der Waals surface area contributed by atoms with Crippen LogP contribution in [-0.2, 0) is 20.9 Å². The van der Waals surface area contributed by atoms with Crippen LogP contribution in [0, 0.1) is 0 Å². The Hall–Kier alpha value is -3.63. The zero-order valence-corrected chi connectivity index (χ0v) is 19.0. The van der Waals surface area contributed by atoms with Crippen LogP contribution < -0.4 is 15.7 Å². The lowest BCUT2D eigenvalue weighted by Crippen LogP contribution is -2.41. The van der Waals surface area contributed by atoms with E-state index in [1.165, 1.54) is 14.2 Å². The molecule has 4 rings (SSSR count). The number of methoxy groups -OCH3 is 2. The Bertz CT molecular complexity index is 1310. The molecule has 1 aliphatic heterocycles. The van der Waals surface area contributed by atoms with Gasteiger partial charge in [-0.2, -0.15) is 0 Å².